The topological polar surface area (TPSA) is 21.3 Å². The van der Waals surface area contributed by atoms with Gasteiger partial charge in [0.2, 0.25) is 0 Å². The van der Waals surface area contributed by atoms with Crippen LogP contribution in [0.3, 0.4) is 0 Å². The van der Waals surface area contributed by atoms with Gasteiger partial charge in [-0.2, -0.15) is 0 Å². The second-order valence-electron chi connectivity index (χ2n) is 3.99. The lowest BCUT2D eigenvalue weighted by Gasteiger charge is -2.10. The molecule has 0 amide bonds. The Labute approximate surface area is 92.3 Å². The normalized spacial score (nSPS) is 24.0. The smallest absolute Gasteiger partial charge is 0.0576 e. The van der Waals surface area contributed by atoms with Crippen LogP contribution in [0, 0.1) is 0 Å². The van der Waals surface area contributed by atoms with Gasteiger partial charge < -0.3 is 10.1 Å². The molecule has 0 saturated carbocycles. The highest BCUT2D eigenvalue weighted by atomic mass is 35.5. The van der Waals surface area contributed by atoms with Gasteiger partial charge in [0.25, 0.3) is 0 Å². The van der Waals surface area contributed by atoms with E-state index in [-0.39, 0.29) is 5.38 Å². The van der Waals surface area contributed by atoms with Crippen molar-refractivity contribution in [1.29, 1.82) is 0 Å². The molecule has 0 aliphatic carbocycles. The SMILES string of the molecule is CCC(Cl)CNCCCC1CCCO1. The Hall–Kier alpha value is 0.210. The summed E-state index contributed by atoms with van der Waals surface area (Å²) < 4.78 is 5.55. The molecule has 1 aliphatic heterocycles. The number of halogens is 1. The molecule has 2 atom stereocenters. The first-order valence-corrected chi connectivity index (χ1v) is 6.23. The van der Waals surface area contributed by atoms with E-state index < -0.39 is 0 Å². The Kier molecular flexibility index (Phi) is 6.57. The molecule has 0 aromatic heterocycles. The first-order valence-electron chi connectivity index (χ1n) is 5.79. The molecule has 1 N–H and O–H groups in total. The van der Waals surface area contributed by atoms with Crippen LogP contribution in [-0.2, 0) is 4.74 Å². The Bertz CT molecular complexity index is 137. The maximum atomic E-state index is 5.98. The van der Waals surface area contributed by atoms with Gasteiger partial charge in [-0.3, -0.25) is 0 Å². The van der Waals surface area contributed by atoms with Crippen LogP contribution >= 0.6 is 11.6 Å². The van der Waals surface area contributed by atoms with Crippen LogP contribution in [0.2, 0.25) is 0 Å². The number of alkyl halides is 1. The van der Waals surface area contributed by atoms with Crippen LogP contribution < -0.4 is 5.32 Å². The van der Waals surface area contributed by atoms with Gasteiger partial charge in [0.05, 0.1) is 6.10 Å². The molecule has 1 saturated heterocycles. The monoisotopic (exact) mass is 219 g/mol. The van der Waals surface area contributed by atoms with E-state index in [1.165, 1.54) is 25.7 Å². The van der Waals surface area contributed by atoms with Crippen molar-refractivity contribution in [2.24, 2.45) is 0 Å². The number of nitrogens with one attached hydrogen (secondary N) is 1. The first kappa shape index (κ1) is 12.3. The van der Waals surface area contributed by atoms with Crippen molar-refractivity contribution in [3.05, 3.63) is 0 Å². The molecule has 1 aliphatic rings. The summed E-state index contributed by atoms with van der Waals surface area (Å²) in [6.45, 7) is 5.09. The van der Waals surface area contributed by atoms with E-state index in [9.17, 15) is 0 Å². The van der Waals surface area contributed by atoms with Gasteiger partial charge in [-0.25, -0.2) is 0 Å². The van der Waals surface area contributed by atoms with Crippen molar-refractivity contribution in [3.8, 4) is 0 Å². The fraction of sp³-hybridized carbons (Fsp3) is 1.00. The van der Waals surface area contributed by atoms with Gasteiger partial charge >= 0.3 is 0 Å². The van der Waals surface area contributed by atoms with Crippen molar-refractivity contribution < 1.29 is 4.74 Å². The fourth-order valence-corrected chi connectivity index (χ4v) is 1.84. The Balaban J connectivity index is 1.84. The molecular formula is C11H22ClNO. The van der Waals surface area contributed by atoms with E-state index in [0.29, 0.717) is 6.10 Å². The van der Waals surface area contributed by atoms with Crippen LogP contribution in [0.4, 0.5) is 0 Å². The third-order valence-corrected chi connectivity index (χ3v) is 3.18. The minimum absolute atomic E-state index is 0.290. The summed E-state index contributed by atoms with van der Waals surface area (Å²) in [6.07, 6.45) is 6.49. The predicted molar refractivity (Wildman–Crippen MR) is 61.0 cm³/mol. The number of rotatable bonds is 7. The molecule has 1 fully saturated rings. The lowest BCUT2D eigenvalue weighted by Crippen LogP contribution is -2.24. The van der Waals surface area contributed by atoms with Gasteiger partial charge in [0.1, 0.15) is 0 Å². The van der Waals surface area contributed by atoms with Crippen molar-refractivity contribution in [2.45, 2.75) is 50.5 Å². The van der Waals surface area contributed by atoms with Crippen molar-refractivity contribution in [1.82, 2.24) is 5.32 Å². The van der Waals surface area contributed by atoms with Crippen LogP contribution in [0.1, 0.15) is 39.0 Å². The molecule has 0 aromatic carbocycles. The molecule has 1 rings (SSSR count). The number of ether oxygens (including phenoxy) is 1. The van der Waals surface area contributed by atoms with Crippen LogP contribution in [0.25, 0.3) is 0 Å². The summed E-state index contributed by atoms with van der Waals surface area (Å²) in [5, 5.41) is 3.66. The summed E-state index contributed by atoms with van der Waals surface area (Å²) in [4.78, 5) is 0. The molecule has 14 heavy (non-hydrogen) atoms. The third kappa shape index (κ3) is 5.18. The largest absolute Gasteiger partial charge is 0.378 e. The highest BCUT2D eigenvalue weighted by Gasteiger charge is 2.14. The van der Waals surface area contributed by atoms with Gasteiger partial charge in [0.15, 0.2) is 0 Å². The van der Waals surface area contributed by atoms with E-state index in [0.717, 1.165) is 26.1 Å². The molecule has 2 unspecified atom stereocenters. The standard InChI is InChI=1S/C11H22ClNO/c1-2-10(12)9-13-7-3-5-11-6-4-8-14-11/h10-11,13H,2-9H2,1H3. The molecule has 3 heteroatoms. The van der Waals surface area contributed by atoms with Gasteiger partial charge in [0, 0.05) is 18.5 Å². The van der Waals surface area contributed by atoms with Crippen LogP contribution in [0.15, 0.2) is 0 Å². The van der Waals surface area contributed by atoms with E-state index >= 15 is 0 Å². The fourth-order valence-electron chi connectivity index (χ4n) is 1.73. The summed E-state index contributed by atoms with van der Waals surface area (Å²) in [5.41, 5.74) is 0. The van der Waals surface area contributed by atoms with Crippen molar-refractivity contribution in [3.63, 3.8) is 0 Å². The first-order chi connectivity index (χ1) is 6.83. The van der Waals surface area contributed by atoms with E-state index in [4.69, 9.17) is 16.3 Å². The van der Waals surface area contributed by atoms with Gasteiger partial charge in [-0.1, -0.05) is 6.92 Å². The minimum atomic E-state index is 0.290. The Morgan fingerprint density at radius 2 is 2.43 bits per heavy atom. The molecule has 84 valence electrons. The maximum Gasteiger partial charge on any atom is 0.0576 e. The number of hydrogen-bond donors (Lipinski definition) is 1. The summed E-state index contributed by atoms with van der Waals surface area (Å²) >= 11 is 5.98. The minimum Gasteiger partial charge on any atom is -0.378 e. The second-order valence-corrected chi connectivity index (χ2v) is 4.60. The number of hydrogen-bond acceptors (Lipinski definition) is 2. The van der Waals surface area contributed by atoms with Crippen molar-refractivity contribution in [2.75, 3.05) is 19.7 Å². The van der Waals surface area contributed by atoms with Crippen LogP contribution in [-0.4, -0.2) is 31.2 Å². The molecule has 1 heterocycles. The highest BCUT2D eigenvalue weighted by Crippen LogP contribution is 2.16. The average molecular weight is 220 g/mol. The molecular weight excluding hydrogens is 198 g/mol. The zero-order chi connectivity index (χ0) is 10.2. The molecule has 0 aromatic rings. The third-order valence-electron chi connectivity index (χ3n) is 2.71. The average Bonchev–Trinajstić information content (AvgIpc) is 2.69. The zero-order valence-electron chi connectivity index (χ0n) is 9.10. The van der Waals surface area contributed by atoms with Crippen molar-refractivity contribution >= 4 is 11.6 Å². The molecule has 2 nitrogen and oxygen atoms in total. The summed E-state index contributed by atoms with van der Waals surface area (Å²) in [6, 6.07) is 0. The lowest BCUT2D eigenvalue weighted by molar-refractivity contribution is 0.102. The Morgan fingerprint density at radius 1 is 1.57 bits per heavy atom. The summed E-state index contributed by atoms with van der Waals surface area (Å²) in [7, 11) is 0. The summed E-state index contributed by atoms with van der Waals surface area (Å²) in [5.74, 6) is 0. The molecule has 0 bridgehead atoms. The second kappa shape index (κ2) is 7.49. The quantitative estimate of drug-likeness (QED) is 0.525. The van der Waals surface area contributed by atoms with Gasteiger partial charge in [-0.05, 0) is 38.6 Å². The predicted octanol–water partition coefficient (Wildman–Crippen LogP) is 2.55. The van der Waals surface area contributed by atoms with E-state index in [1.807, 2.05) is 0 Å². The lowest BCUT2D eigenvalue weighted by atomic mass is 10.1. The zero-order valence-corrected chi connectivity index (χ0v) is 9.85. The van der Waals surface area contributed by atoms with E-state index in [2.05, 4.69) is 12.2 Å². The molecule has 0 spiro atoms. The molecule has 0 radical (unpaired) electrons. The maximum absolute atomic E-state index is 5.98. The Morgan fingerprint density at radius 3 is 3.07 bits per heavy atom. The van der Waals surface area contributed by atoms with Gasteiger partial charge in [-0.15, -0.1) is 11.6 Å². The highest BCUT2D eigenvalue weighted by molar-refractivity contribution is 6.20. The van der Waals surface area contributed by atoms with Crippen LogP contribution in [0.5, 0.6) is 0 Å². The van der Waals surface area contributed by atoms with E-state index in [1.54, 1.807) is 0 Å².